The summed E-state index contributed by atoms with van der Waals surface area (Å²) >= 11 is 0. The zero-order valence-electron chi connectivity index (χ0n) is 11.5. The zero-order chi connectivity index (χ0) is 13.7. The van der Waals surface area contributed by atoms with E-state index in [-0.39, 0.29) is 17.6 Å². The van der Waals surface area contributed by atoms with Gasteiger partial charge in [-0.15, -0.1) is 0 Å². The number of amides is 1. The maximum absolute atomic E-state index is 11.7. The Morgan fingerprint density at radius 2 is 1.61 bits per heavy atom. The molecule has 0 aromatic heterocycles. The van der Waals surface area contributed by atoms with E-state index in [2.05, 4.69) is 5.32 Å². The lowest BCUT2D eigenvalue weighted by Gasteiger charge is -2.08. The van der Waals surface area contributed by atoms with Crippen LogP contribution in [0.5, 0.6) is 0 Å². The molecule has 0 radical (unpaired) electrons. The lowest BCUT2D eigenvalue weighted by atomic mass is 10.0. The van der Waals surface area contributed by atoms with Gasteiger partial charge in [-0.1, -0.05) is 27.7 Å². The second-order valence-electron chi connectivity index (χ2n) is 5.24. The molecule has 1 amide bonds. The number of rotatable bonds is 5. The van der Waals surface area contributed by atoms with Crippen molar-refractivity contribution < 1.29 is 9.59 Å². The first kappa shape index (κ1) is 14.4. The van der Waals surface area contributed by atoms with Gasteiger partial charge in [0.2, 0.25) is 5.91 Å². The largest absolute Gasteiger partial charge is 0.326 e. The highest BCUT2D eigenvalue weighted by Crippen LogP contribution is 2.14. The SMILES string of the molecule is CC(C)CC(=O)Nc1ccc(C(=O)C(C)C)cc1. The van der Waals surface area contributed by atoms with Crippen molar-refractivity contribution in [3.8, 4) is 0 Å². The molecule has 0 saturated heterocycles. The summed E-state index contributed by atoms with van der Waals surface area (Å²) in [6, 6.07) is 7.06. The summed E-state index contributed by atoms with van der Waals surface area (Å²) < 4.78 is 0. The summed E-state index contributed by atoms with van der Waals surface area (Å²) in [5.41, 5.74) is 1.42. The third-order valence-electron chi connectivity index (χ3n) is 2.57. The first-order valence-corrected chi connectivity index (χ1v) is 6.34. The maximum Gasteiger partial charge on any atom is 0.224 e. The molecule has 18 heavy (non-hydrogen) atoms. The van der Waals surface area contributed by atoms with Gasteiger partial charge in [-0.2, -0.15) is 0 Å². The molecule has 0 bridgehead atoms. The van der Waals surface area contributed by atoms with Crippen molar-refractivity contribution in [3.63, 3.8) is 0 Å². The number of benzene rings is 1. The van der Waals surface area contributed by atoms with Crippen LogP contribution in [0.4, 0.5) is 5.69 Å². The fraction of sp³-hybridized carbons (Fsp3) is 0.467. The number of carbonyl (C=O) groups is 2. The fourth-order valence-corrected chi connectivity index (χ4v) is 1.63. The minimum absolute atomic E-state index is 0.00735. The van der Waals surface area contributed by atoms with Crippen LogP contribution in [0.25, 0.3) is 0 Å². The normalized spacial score (nSPS) is 10.8. The van der Waals surface area contributed by atoms with Crippen LogP contribution in [0, 0.1) is 11.8 Å². The summed E-state index contributed by atoms with van der Waals surface area (Å²) in [6.45, 7) is 7.76. The number of anilines is 1. The molecule has 0 aliphatic heterocycles. The number of nitrogens with one attached hydrogen (secondary N) is 1. The van der Waals surface area contributed by atoms with Crippen molar-refractivity contribution in [3.05, 3.63) is 29.8 Å². The average Bonchev–Trinajstić information content (AvgIpc) is 2.27. The van der Waals surface area contributed by atoms with E-state index in [9.17, 15) is 9.59 Å². The molecule has 3 heteroatoms. The van der Waals surface area contributed by atoms with E-state index >= 15 is 0 Å². The van der Waals surface area contributed by atoms with E-state index in [1.807, 2.05) is 27.7 Å². The molecule has 0 aliphatic carbocycles. The van der Waals surface area contributed by atoms with Crippen LogP contribution in [0.2, 0.25) is 0 Å². The Hall–Kier alpha value is -1.64. The highest BCUT2D eigenvalue weighted by atomic mass is 16.1. The van der Waals surface area contributed by atoms with Crippen LogP contribution in [0.1, 0.15) is 44.5 Å². The van der Waals surface area contributed by atoms with Crippen LogP contribution in [0.3, 0.4) is 0 Å². The molecule has 0 heterocycles. The third kappa shape index (κ3) is 4.32. The smallest absolute Gasteiger partial charge is 0.224 e. The Morgan fingerprint density at radius 1 is 1.06 bits per heavy atom. The minimum Gasteiger partial charge on any atom is -0.326 e. The lowest BCUT2D eigenvalue weighted by molar-refractivity contribution is -0.116. The monoisotopic (exact) mass is 247 g/mol. The standard InChI is InChI=1S/C15H21NO2/c1-10(2)9-14(17)16-13-7-5-12(6-8-13)15(18)11(3)4/h5-8,10-11H,9H2,1-4H3,(H,16,17). The highest BCUT2D eigenvalue weighted by Gasteiger charge is 2.10. The Balaban J connectivity index is 2.66. The summed E-state index contributed by atoms with van der Waals surface area (Å²) in [4.78, 5) is 23.3. The Morgan fingerprint density at radius 3 is 2.06 bits per heavy atom. The zero-order valence-corrected chi connectivity index (χ0v) is 11.5. The van der Waals surface area contributed by atoms with Crippen molar-refractivity contribution in [1.82, 2.24) is 0 Å². The molecule has 3 nitrogen and oxygen atoms in total. The summed E-state index contributed by atoms with van der Waals surface area (Å²) in [5, 5.41) is 2.82. The van der Waals surface area contributed by atoms with Gasteiger partial charge >= 0.3 is 0 Å². The number of ketones is 1. The third-order valence-corrected chi connectivity index (χ3v) is 2.57. The summed E-state index contributed by atoms with van der Waals surface area (Å²) in [5.74, 6) is 0.459. The number of hydrogen-bond donors (Lipinski definition) is 1. The van der Waals surface area contributed by atoms with Gasteiger partial charge in [-0.3, -0.25) is 9.59 Å². The molecule has 0 fully saturated rings. The molecule has 0 atom stereocenters. The lowest BCUT2D eigenvalue weighted by Crippen LogP contribution is -2.14. The van der Waals surface area contributed by atoms with Crippen LogP contribution >= 0.6 is 0 Å². The van der Waals surface area contributed by atoms with Crippen LogP contribution in [-0.4, -0.2) is 11.7 Å². The molecular formula is C15H21NO2. The molecule has 1 N–H and O–H groups in total. The molecule has 0 aliphatic rings. The number of carbonyl (C=O) groups excluding carboxylic acids is 2. The van der Waals surface area contributed by atoms with E-state index in [4.69, 9.17) is 0 Å². The van der Waals surface area contributed by atoms with E-state index in [1.54, 1.807) is 24.3 Å². The Bertz CT molecular complexity index is 419. The molecule has 1 aromatic rings. The molecule has 0 unspecified atom stereocenters. The van der Waals surface area contributed by atoms with Gasteiger partial charge < -0.3 is 5.32 Å². The maximum atomic E-state index is 11.7. The van der Waals surface area contributed by atoms with Crippen LogP contribution in [-0.2, 0) is 4.79 Å². The van der Waals surface area contributed by atoms with E-state index in [0.717, 1.165) is 5.69 Å². The van der Waals surface area contributed by atoms with Gasteiger partial charge in [0.1, 0.15) is 0 Å². The molecule has 98 valence electrons. The molecule has 0 spiro atoms. The van der Waals surface area contributed by atoms with Crippen molar-refractivity contribution >= 4 is 17.4 Å². The minimum atomic E-state index is -0.00798. The predicted molar refractivity (Wildman–Crippen MR) is 73.7 cm³/mol. The molecule has 1 aromatic carbocycles. The summed E-state index contributed by atoms with van der Waals surface area (Å²) in [7, 11) is 0. The first-order valence-electron chi connectivity index (χ1n) is 6.34. The van der Waals surface area contributed by atoms with Crippen molar-refractivity contribution in [2.24, 2.45) is 11.8 Å². The van der Waals surface area contributed by atoms with E-state index in [0.29, 0.717) is 17.9 Å². The van der Waals surface area contributed by atoms with Crippen molar-refractivity contribution in [1.29, 1.82) is 0 Å². The predicted octanol–water partition coefficient (Wildman–Crippen LogP) is 3.51. The Labute approximate surface area is 109 Å². The number of hydrogen-bond acceptors (Lipinski definition) is 2. The van der Waals surface area contributed by atoms with Crippen LogP contribution in [0.15, 0.2) is 24.3 Å². The van der Waals surface area contributed by atoms with E-state index in [1.165, 1.54) is 0 Å². The second-order valence-corrected chi connectivity index (χ2v) is 5.24. The van der Waals surface area contributed by atoms with Gasteiger partial charge in [-0.05, 0) is 30.2 Å². The Kier molecular flexibility index (Phi) is 5.08. The highest BCUT2D eigenvalue weighted by molar-refractivity contribution is 5.98. The van der Waals surface area contributed by atoms with E-state index < -0.39 is 0 Å². The summed E-state index contributed by atoms with van der Waals surface area (Å²) in [6.07, 6.45) is 0.507. The van der Waals surface area contributed by atoms with Gasteiger partial charge in [0.15, 0.2) is 5.78 Å². The van der Waals surface area contributed by atoms with Gasteiger partial charge in [0, 0.05) is 23.6 Å². The van der Waals surface area contributed by atoms with Crippen LogP contribution < -0.4 is 5.32 Å². The van der Waals surface area contributed by atoms with Crippen molar-refractivity contribution in [2.45, 2.75) is 34.1 Å². The van der Waals surface area contributed by atoms with Gasteiger partial charge in [0.05, 0.1) is 0 Å². The number of Topliss-reactive ketones (excluding diaryl/α,β-unsaturated/α-hetero) is 1. The van der Waals surface area contributed by atoms with Crippen molar-refractivity contribution in [2.75, 3.05) is 5.32 Å². The van der Waals surface area contributed by atoms with Gasteiger partial charge in [0.25, 0.3) is 0 Å². The molecular weight excluding hydrogens is 226 g/mol. The quantitative estimate of drug-likeness (QED) is 0.809. The molecule has 0 saturated carbocycles. The van der Waals surface area contributed by atoms with Gasteiger partial charge in [-0.25, -0.2) is 0 Å². The second kappa shape index (κ2) is 6.34. The first-order chi connectivity index (χ1) is 8.40. The fourth-order valence-electron chi connectivity index (χ4n) is 1.63. The average molecular weight is 247 g/mol. The topological polar surface area (TPSA) is 46.2 Å². The molecule has 1 rings (SSSR count).